The lowest BCUT2D eigenvalue weighted by molar-refractivity contribution is 0.0532. The summed E-state index contributed by atoms with van der Waals surface area (Å²) in [6.07, 6.45) is 5.62. The van der Waals surface area contributed by atoms with Crippen molar-refractivity contribution >= 4 is 6.03 Å². The van der Waals surface area contributed by atoms with Gasteiger partial charge >= 0.3 is 6.03 Å². The summed E-state index contributed by atoms with van der Waals surface area (Å²) in [7, 11) is 0. The van der Waals surface area contributed by atoms with Crippen molar-refractivity contribution in [2.24, 2.45) is 0 Å². The van der Waals surface area contributed by atoms with Gasteiger partial charge in [-0.15, -0.1) is 0 Å². The van der Waals surface area contributed by atoms with Crippen LogP contribution in [0.15, 0.2) is 0 Å². The summed E-state index contributed by atoms with van der Waals surface area (Å²) in [4.78, 5) is 14.3. The third kappa shape index (κ3) is 2.34. The molecular formula is C13H23N3O2. The fourth-order valence-electron chi connectivity index (χ4n) is 3.70. The van der Waals surface area contributed by atoms with E-state index < -0.39 is 0 Å². The van der Waals surface area contributed by atoms with E-state index in [-0.39, 0.29) is 30.3 Å². The van der Waals surface area contributed by atoms with Gasteiger partial charge in [0.2, 0.25) is 0 Å². The molecule has 3 rings (SSSR count). The maximum absolute atomic E-state index is 12.3. The highest BCUT2D eigenvalue weighted by atomic mass is 16.3. The Bertz CT molecular complexity index is 303. The van der Waals surface area contributed by atoms with Gasteiger partial charge in [0, 0.05) is 24.7 Å². The van der Waals surface area contributed by atoms with Crippen molar-refractivity contribution in [3.8, 4) is 0 Å². The number of fused-ring (bicyclic) bond motifs is 2. The van der Waals surface area contributed by atoms with Gasteiger partial charge in [0.05, 0.1) is 6.10 Å². The number of hydrogen-bond donors (Lipinski definition) is 3. The Morgan fingerprint density at radius 3 is 2.56 bits per heavy atom. The first-order valence-corrected chi connectivity index (χ1v) is 7.21. The minimum atomic E-state index is -0.206. The zero-order valence-electron chi connectivity index (χ0n) is 10.8. The van der Waals surface area contributed by atoms with E-state index in [1.165, 1.54) is 0 Å². The molecule has 3 N–H and O–H groups in total. The maximum atomic E-state index is 12.3. The topological polar surface area (TPSA) is 64.6 Å². The molecule has 0 saturated carbocycles. The number of amides is 2. The number of aliphatic hydroxyl groups is 1. The smallest absolute Gasteiger partial charge is 0.318 e. The van der Waals surface area contributed by atoms with Gasteiger partial charge in [0.25, 0.3) is 0 Å². The average Bonchev–Trinajstić information content (AvgIpc) is 2.63. The molecule has 3 aliphatic rings. The van der Waals surface area contributed by atoms with E-state index in [0.717, 1.165) is 51.6 Å². The number of piperidine rings is 2. The van der Waals surface area contributed by atoms with E-state index in [0.29, 0.717) is 0 Å². The minimum Gasteiger partial charge on any atom is -0.393 e. The van der Waals surface area contributed by atoms with Gasteiger partial charge in [-0.25, -0.2) is 4.79 Å². The number of nitrogens with one attached hydrogen (secondary N) is 2. The lowest BCUT2D eigenvalue weighted by atomic mass is 10.0. The van der Waals surface area contributed by atoms with Crippen LogP contribution in [0, 0.1) is 0 Å². The normalized spacial score (nSPS) is 39.7. The average molecular weight is 253 g/mol. The number of aliphatic hydroxyl groups excluding tert-OH is 1. The molecule has 0 aromatic heterocycles. The molecule has 18 heavy (non-hydrogen) atoms. The fourth-order valence-corrected chi connectivity index (χ4v) is 3.70. The molecule has 2 amide bonds. The molecule has 0 spiro atoms. The molecule has 2 unspecified atom stereocenters. The largest absolute Gasteiger partial charge is 0.393 e. The molecule has 102 valence electrons. The highest BCUT2D eigenvalue weighted by Crippen LogP contribution is 2.35. The predicted octanol–water partition coefficient (Wildman–Crippen LogP) is 0.436. The van der Waals surface area contributed by atoms with Crippen LogP contribution in [0.2, 0.25) is 0 Å². The lowest BCUT2D eigenvalue weighted by Crippen LogP contribution is -2.56. The zero-order chi connectivity index (χ0) is 12.5. The van der Waals surface area contributed by atoms with Crippen LogP contribution in [0.1, 0.15) is 38.5 Å². The first-order chi connectivity index (χ1) is 8.74. The standard InChI is InChI=1S/C13H23N3O2/c17-12-6-10-3-4-11(7-12)16(10)13(18)15-9-2-1-5-14-8-9/h9-12,14,17H,1-8H2,(H,15,18)/t9-,10?,11?,12?/m0/s1. The van der Waals surface area contributed by atoms with Crippen LogP contribution in [0.4, 0.5) is 4.79 Å². The Morgan fingerprint density at radius 1 is 1.22 bits per heavy atom. The summed E-state index contributed by atoms with van der Waals surface area (Å²) in [6, 6.07) is 0.881. The van der Waals surface area contributed by atoms with Crippen molar-refractivity contribution in [3.63, 3.8) is 0 Å². The van der Waals surface area contributed by atoms with Crippen molar-refractivity contribution in [1.29, 1.82) is 0 Å². The number of carbonyl (C=O) groups excluding carboxylic acids is 1. The predicted molar refractivity (Wildman–Crippen MR) is 68.3 cm³/mol. The van der Waals surface area contributed by atoms with Crippen LogP contribution in [-0.4, -0.2) is 53.4 Å². The summed E-state index contributed by atoms with van der Waals surface area (Å²) in [5.41, 5.74) is 0. The van der Waals surface area contributed by atoms with Crippen LogP contribution in [0.5, 0.6) is 0 Å². The first kappa shape index (κ1) is 12.2. The summed E-state index contributed by atoms with van der Waals surface area (Å²) in [5.74, 6) is 0. The van der Waals surface area contributed by atoms with Gasteiger partial charge in [-0.1, -0.05) is 0 Å². The van der Waals surface area contributed by atoms with Crippen molar-refractivity contribution in [1.82, 2.24) is 15.5 Å². The van der Waals surface area contributed by atoms with Crippen LogP contribution < -0.4 is 10.6 Å². The van der Waals surface area contributed by atoms with Gasteiger partial charge in [-0.05, 0) is 45.1 Å². The molecule has 3 fully saturated rings. The van der Waals surface area contributed by atoms with E-state index in [2.05, 4.69) is 10.6 Å². The highest BCUT2D eigenvalue weighted by Gasteiger charge is 2.43. The number of carbonyl (C=O) groups is 1. The number of rotatable bonds is 1. The summed E-state index contributed by atoms with van der Waals surface area (Å²) >= 11 is 0. The summed E-state index contributed by atoms with van der Waals surface area (Å²) in [6.45, 7) is 1.95. The van der Waals surface area contributed by atoms with Crippen molar-refractivity contribution in [2.75, 3.05) is 13.1 Å². The fraction of sp³-hybridized carbons (Fsp3) is 0.923. The molecule has 0 radical (unpaired) electrons. The Kier molecular flexibility index (Phi) is 3.43. The summed E-state index contributed by atoms with van der Waals surface area (Å²) < 4.78 is 0. The summed E-state index contributed by atoms with van der Waals surface area (Å²) in [5, 5.41) is 16.2. The van der Waals surface area contributed by atoms with E-state index >= 15 is 0 Å². The molecule has 3 aliphatic heterocycles. The zero-order valence-corrected chi connectivity index (χ0v) is 10.8. The first-order valence-electron chi connectivity index (χ1n) is 7.21. The second-order valence-electron chi connectivity index (χ2n) is 5.91. The molecule has 5 heteroatoms. The molecule has 0 aliphatic carbocycles. The van der Waals surface area contributed by atoms with Gasteiger partial charge in [0.1, 0.15) is 0 Å². The second-order valence-corrected chi connectivity index (χ2v) is 5.91. The minimum absolute atomic E-state index is 0.0862. The maximum Gasteiger partial charge on any atom is 0.318 e. The van der Waals surface area contributed by atoms with Gasteiger partial charge < -0.3 is 20.6 Å². The number of hydrogen-bond acceptors (Lipinski definition) is 3. The van der Waals surface area contributed by atoms with Gasteiger partial charge in [-0.3, -0.25) is 0 Å². The molecule has 5 nitrogen and oxygen atoms in total. The SMILES string of the molecule is O=C(N[C@H]1CCCNC1)N1C2CCC1CC(O)C2. The molecule has 2 bridgehead atoms. The van der Waals surface area contributed by atoms with Crippen LogP contribution in [0.3, 0.4) is 0 Å². The van der Waals surface area contributed by atoms with Crippen molar-refractivity contribution in [3.05, 3.63) is 0 Å². The Morgan fingerprint density at radius 2 is 1.94 bits per heavy atom. The lowest BCUT2D eigenvalue weighted by Gasteiger charge is -2.38. The van der Waals surface area contributed by atoms with E-state index in [4.69, 9.17) is 0 Å². The van der Waals surface area contributed by atoms with Crippen LogP contribution >= 0.6 is 0 Å². The molecule has 3 heterocycles. The van der Waals surface area contributed by atoms with Crippen molar-refractivity contribution < 1.29 is 9.90 Å². The van der Waals surface area contributed by atoms with E-state index in [9.17, 15) is 9.90 Å². The Hall–Kier alpha value is -0.810. The molecule has 3 saturated heterocycles. The monoisotopic (exact) mass is 253 g/mol. The number of urea groups is 1. The van der Waals surface area contributed by atoms with Crippen LogP contribution in [-0.2, 0) is 0 Å². The number of nitrogens with zero attached hydrogens (tertiary/aromatic N) is 1. The Balaban J connectivity index is 1.59. The Labute approximate surface area is 108 Å². The molecular weight excluding hydrogens is 230 g/mol. The van der Waals surface area contributed by atoms with E-state index in [1.807, 2.05) is 4.90 Å². The van der Waals surface area contributed by atoms with E-state index in [1.54, 1.807) is 0 Å². The molecule has 3 atom stereocenters. The quantitative estimate of drug-likeness (QED) is 0.635. The van der Waals surface area contributed by atoms with Gasteiger partial charge in [0.15, 0.2) is 0 Å². The van der Waals surface area contributed by atoms with Crippen molar-refractivity contribution in [2.45, 2.75) is 62.8 Å². The molecule has 0 aromatic carbocycles. The van der Waals surface area contributed by atoms with Crippen LogP contribution in [0.25, 0.3) is 0 Å². The second kappa shape index (κ2) is 5.05. The highest BCUT2D eigenvalue weighted by molar-refractivity contribution is 5.76. The third-order valence-electron chi connectivity index (χ3n) is 4.57. The molecule has 0 aromatic rings. The third-order valence-corrected chi connectivity index (χ3v) is 4.57. The van der Waals surface area contributed by atoms with Gasteiger partial charge in [-0.2, -0.15) is 0 Å².